The van der Waals surface area contributed by atoms with Gasteiger partial charge in [0.1, 0.15) is 10.8 Å². The van der Waals surface area contributed by atoms with Gasteiger partial charge in [0.25, 0.3) is 5.91 Å². The Balaban J connectivity index is 1.96. The lowest BCUT2D eigenvalue weighted by Gasteiger charge is -2.05. The van der Waals surface area contributed by atoms with E-state index in [-0.39, 0.29) is 16.8 Å². The molecule has 0 aliphatic rings. The molecular formula is C12H11ClN4O2. The second-order valence-electron chi connectivity index (χ2n) is 3.62. The zero-order valence-corrected chi connectivity index (χ0v) is 10.9. The smallest absolute Gasteiger partial charge is 0.271 e. The molecule has 0 unspecified atom stereocenters. The molecule has 2 rings (SSSR count). The molecule has 0 radical (unpaired) electrons. The number of methoxy groups -OCH3 is 1. The standard InChI is InChI=1S/C12H11ClN4O2/c1-19-11-3-2-8(4-15-11)5-16-12(18)9-6-14-7-10(13)17-9/h2-4,6-7H,5H2,1H3,(H,16,18). The first-order valence-corrected chi connectivity index (χ1v) is 5.81. The van der Waals surface area contributed by atoms with Crippen molar-refractivity contribution >= 4 is 17.5 Å². The van der Waals surface area contributed by atoms with Crippen LogP contribution >= 0.6 is 11.6 Å². The molecule has 98 valence electrons. The topological polar surface area (TPSA) is 77.0 Å². The molecule has 6 nitrogen and oxygen atoms in total. The summed E-state index contributed by atoms with van der Waals surface area (Å²) in [6.07, 6.45) is 4.35. The Hall–Kier alpha value is -2.21. The van der Waals surface area contributed by atoms with Gasteiger partial charge in [-0.25, -0.2) is 9.97 Å². The zero-order valence-electron chi connectivity index (χ0n) is 10.1. The highest BCUT2D eigenvalue weighted by Gasteiger charge is 2.08. The van der Waals surface area contributed by atoms with Crippen molar-refractivity contribution in [1.29, 1.82) is 0 Å². The van der Waals surface area contributed by atoms with Crippen LogP contribution in [-0.2, 0) is 6.54 Å². The first-order valence-electron chi connectivity index (χ1n) is 5.43. The minimum atomic E-state index is -0.342. The van der Waals surface area contributed by atoms with Gasteiger partial charge in [-0.15, -0.1) is 0 Å². The normalized spacial score (nSPS) is 10.0. The molecule has 2 aromatic heterocycles. The van der Waals surface area contributed by atoms with Crippen molar-refractivity contribution in [3.8, 4) is 5.88 Å². The second-order valence-corrected chi connectivity index (χ2v) is 4.01. The third-order valence-corrected chi connectivity index (χ3v) is 2.48. The van der Waals surface area contributed by atoms with Crippen LogP contribution in [0.4, 0.5) is 0 Å². The van der Waals surface area contributed by atoms with Crippen LogP contribution in [0.15, 0.2) is 30.7 Å². The molecule has 0 bridgehead atoms. The lowest BCUT2D eigenvalue weighted by atomic mass is 10.3. The van der Waals surface area contributed by atoms with Gasteiger partial charge in [0.05, 0.1) is 19.5 Å². The molecule has 0 aliphatic carbocycles. The Labute approximate surface area is 114 Å². The van der Waals surface area contributed by atoms with E-state index in [0.717, 1.165) is 5.56 Å². The molecule has 2 aromatic rings. The number of aromatic nitrogens is 3. The van der Waals surface area contributed by atoms with E-state index in [1.54, 1.807) is 19.4 Å². The summed E-state index contributed by atoms with van der Waals surface area (Å²) in [4.78, 5) is 23.5. The number of amides is 1. The van der Waals surface area contributed by atoms with Crippen molar-refractivity contribution < 1.29 is 9.53 Å². The summed E-state index contributed by atoms with van der Waals surface area (Å²) in [5.74, 6) is 0.182. The predicted octanol–water partition coefficient (Wildman–Crippen LogP) is 1.46. The Bertz CT molecular complexity index is 574. The van der Waals surface area contributed by atoms with Crippen LogP contribution < -0.4 is 10.1 Å². The second kappa shape index (κ2) is 6.10. The lowest BCUT2D eigenvalue weighted by molar-refractivity contribution is 0.0945. The fourth-order valence-electron chi connectivity index (χ4n) is 1.36. The quantitative estimate of drug-likeness (QED) is 0.916. The number of nitrogens with zero attached hydrogens (tertiary/aromatic N) is 3. The van der Waals surface area contributed by atoms with E-state index in [0.29, 0.717) is 12.4 Å². The maximum atomic E-state index is 11.8. The highest BCUT2D eigenvalue weighted by molar-refractivity contribution is 6.29. The van der Waals surface area contributed by atoms with Gasteiger partial charge >= 0.3 is 0 Å². The number of hydrogen-bond acceptors (Lipinski definition) is 5. The summed E-state index contributed by atoms with van der Waals surface area (Å²) < 4.78 is 4.95. The number of rotatable bonds is 4. The average molecular weight is 279 g/mol. The summed E-state index contributed by atoms with van der Waals surface area (Å²) in [5, 5.41) is 2.88. The first-order chi connectivity index (χ1) is 9.19. The number of ether oxygens (including phenoxy) is 1. The number of carbonyl (C=O) groups is 1. The van der Waals surface area contributed by atoms with Crippen LogP contribution in [0.1, 0.15) is 16.1 Å². The SMILES string of the molecule is COc1ccc(CNC(=O)c2cncc(Cl)n2)cn1. The third kappa shape index (κ3) is 3.62. The Morgan fingerprint density at radius 3 is 2.84 bits per heavy atom. The van der Waals surface area contributed by atoms with Crippen molar-refractivity contribution in [2.75, 3.05) is 7.11 Å². The van der Waals surface area contributed by atoms with Gasteiger partial charge in [-0.3, -0.25) is 9.78 Å². The van der Waals surface area contributed by atoms with Crippen molar-refractivity contribution in [2.45, 2.75) is 6.54 Å². The van der Waals surface area contributed by atoms with Crippen LogP contribution in [0.25, 0.3) is 0 Å². The number of pyridine rings is 1. The molecule has 1 N–H and O–H groups in total. The molecule has 2 heterocycles. The fourth-order valence-corrected chi connectivity index (χ4v) is 1.51. The number of nitrogens with one attached hydrogen (secondary N) is 1. The minimum absolute atomic E-state index is 0.175. The summed E-state index contributed by atoms with van der Waals surface area (Å²) in [5.41, 5.74) is 1.03. The number of hydrogen-bond donors (Lipinski definition) is 1. The third-order valence-electron chi connectivity index (χ3n) is 2.30. The Kier molecular flexibility index (Phi) is 4.25. The van der Waals surface area contributed by atoms with E-state index in [1.807, 2.05) is 6.07 Å². The zero-order chi connectivity index (χ0) is 13.7. The van der Waals surface area contributed by atoms with E-state index < -0.39 is 0 Å². The van der Waals surface area contributed by atoms with E-state index in [4.69, 9.17) is 16.3 Å². The molecule has 7 heteroatoms. The van der Waals surface area contributed by atoms with Crippen LogP contribution in [0.5, 0.6) is 5.88 Å². The number of halogens is 1. The molecule has 19 heavy (non-hydrogen) atoms. The van der Waals surface area contributed by atoms with Crippen LogP contribution in [-0.4, -0.2) is 28.0 Å². The summed E-state index contributed by atoms with van der Waals surface area (Å²) in [7, 11) is 1.54. The van der Waals surface area contributed by atoms with Gasteiger partial charge in [0.2, 0.25) is 5.88 Å². The monoisotopic (exact) mass is 278 g/mol. The lowest BCUT2D eigenvalue weighted by Crippen LogP contribution is -2.24. The van der Waals surface area contributed by atoms with Gasteiger partial charge in [0.15, 0.2) is 0 Å². The van der Waals surface area contributed by atoms with E-state index in [2.05, 4.69) is 20.3 Å². The van der Waals surface area contributed by atoms with Crippen LogP contribution in [0.2, 0.25) is 5.15 Å². The molecule has 0 fully saturated rings. The number of carbonyl (C=O) groups excluding carboxylic acids is 1. The van der Waals surface area contributed by atoms with E-state index >= 15 is 0 Å². The molecule has 0 saturated carbocycles. The summed E-state index contributed by atoms with van der Waals surface area (Å²) in [6, 6.07) is 3.54. The van der Waals surface area contributed by atoms with Crippen molar-refractivity contribution in [1.82, 2.24) is 20.3 Å². The largest absolute Gasteiger partial charge is 0.481 e. The highest BCUT2D eigenvalue weighted by atomic mass is 35.5. The molecule has 0 aromatic carbocycles. The minimum Gasteiger partial charge on any atom is -0.481 e. The Morgan fingerprint density at radius 2 is 2.21 bits per heavy atom. The summed E-state index contributed by atoms with van der Waals surface area (Å²) >= 11 is 5.66. The maximum absolute atomic E-state index is 11.8. The van der Waals surface area contributed by atoms with Gasteiger partial charge in [-0.1, -0.05) is 17.7 Å². The van der Waals surface area contributed by atoms with E-state index in [1.165, 1.54) is 12.4 Å². The van der Waals surface area contributed by atoms with Crippen molar-refractivity contribution in [3.05, 3.63) is 47.1 Å². The van der Waals surface area contributed by atoms with Crippen molar-refractivity contribution in [2.24, 2.45) is 0 Å². The van der Waals surface area contributed by atoms with Crippen LogP contribution in [0.3, 0.4) is 0 Å². The first kappa shape index (κ1) is 13.2. The van der Waals surface area contributed by atoms with Gasteiger partial charge in [-0.05, 0) is 5.56 Å². The Morgan fingerprint density at radius 1 is 1.37 bits per heavy atom. The average Bonchev–Trinajstić information content (AvgIpc) is 2.45. The fraction of sp³-hybridized carbons (Fsp3) is 0.167. The van der Waals surface area contributed by atoms with Gasteiger partial charge < -0.3 is 10.1 Å². The maximum Gasteiger partial charge on any atom is 0.271 e. The molecule has 0 saturated heterocycles. The van der Waals surface area contributed by atoms with Crippen molar-refractivity contribution in [3.63, 3.8) is 0 Å². The molecule has 0 spiro atoms. The molecule has 0 atom stereocenters. The summed E-state index contributed by atoms with van der Waals surface area (Å²) in [6.45, 7) is 0.337. The van der Waals surface area contributed by atoms with Crippen LogP contribution in [0, 0.1) is 0 Å². The molecule has 0 aliphatic heterocycles. The van der Waals surface area contributed by atoms with E-state index in [9.17, 15) is 4.79 Å². The van der Waals surface area contributed by atoms with Gasteiger partial charge in [0, 0.05) is 18.8 Å². The molecule has 1 amide bonds. The molecular weight excluding hydrogens is 268 g/mol. The predicted molar refractivity (Wildman–Crippen MR) is 69.0 cm³/mol. The van der Waals surface area contributed by atoms with Gasteiger partial charge in [-0.2, -0.15) is 0 Å². The highest BCUT2D eigenvalue weighted by Crippen LogP contribution is 2.07.